The maximum absolute atomic E-state index is 4.44. The average molecular weight is 309 g/mol. The lowest BCUT2D eigenvalue weighted by molar-refractivity contribution is 0.780. The summed E-state index contributed by atoms with van der Waals surface area (Å²) in [5, 5.41) is 3.06. The van der Waals surface area contributed by atoms with Crippen LogP contribution in [0.3, 0.4) is 0 Å². The molecule has 3 heterocycles. The van der Waals surface area contributed by atoms with Gasteiger partial charge in [0.05, 0.1) is 12.1 Å². The molecule has 0 aliphatic carbocycles. The van der Waals surface area contributed by atoms with Crippen LogP contribution in [0.25, 0.3) is 11.2 Å². The topological polar surface area (TPSA) is 43.6 Å². The molecule has 0 saturated heterocycles. The van der Waals surface area contributed by atoms with Crippen molar-refractivity contribution in [3.05, 3.63) is 39.1 Å². The van der Waals surface area contributed by atoms with Gasteiger partial charge in [-0.25, -0.2) is 15.0 Å². The van der Waals surface area contributed by atoms with E-state index in [9.17, 15) is 0 Å². The third kappa shape index (κ3) is 1.98. The van der Waals surface area contributed by atoms with E-state index < -0.39 is 0 Å². The van der Waals surface area contributed by atoms with Gasteiger partial charge in [-0.15, -0.1) is 11.3 Å². The van der Waals surface area contributed by atoms with E-state index >= 15 is 0 Å². The predicted octanol–water partition coefficient (Wildman–Crippen LogP) is 3.01. The fourth-order valence-electron chi connectivity index (χ4n) is 1.76. The monoisotopic (exact) mass is 308 g/mol. The Labute approximate surface area is 110 Å². The Hall–Kier alpha value is -1.27. The Morgan fingerprint density at radius 1 is 1.41 bits per heavy atom. The number of nitrogens with zero attached hydrogens (tertiary/aromatic N) is 4. The SMILES string of the molecule is Cc1nc2ncc(Br)cc2n1Cc1nccs1. The molecule has 3 rings (SSSR count). The van der Waals surface area contributed by atoms with Gasteiger partial charge in [0.1, 0.15) is 10.8 Å². The molecule has 0 aliphatic heterocycles. The number of aryl methyl sites for hydroxylation is 1. The van der Waals surface area contributed by atoms with Crippen LogP contribution in [0.2, 0.25) is 0 Å². The van der Waals surface area contributed by atoms with Gasteiger partial charge in [-0.3, -0.25) is 0 Å². The number of aromatic nitrogens is 4. The molecule has 0 fully saturated rings. The second-order valence-corrected chi connectivity index (χ2v) is 5.56. The van der Waals surface area contributed by atoms with Crippen molar-refractivity contribution in [1.82, 2.24) is 19.5 Å². The van der Waals surface area contributed by atoms with Crippen LogP contribution < -0.4 is 0 Å². The largest absolute Gasteiger partial charge is 0.320 e. The van der Waals surface area contributed by atoms with Gasteiger partial charge in [0, 0.05) is 22.2 Å². The summed E-state index contributed by atoms with van der Waals surface area (Å²) in [6, 6.07) is 2.04. The summed E-state index contributed by atoms with van der Waals surface area (Å²) >= 11 is 5.09. The van der Waals surface area contributed by atoms with Crippen LogP contribution in [0, 0.1) is 6.92 Å². The van der Waals surface area contributed by atoms with Gasteiger partial charge >= 0.3 is 0 Å². The van der Waals surface area contributed by atoms with Gasteiger partial charge < -0.3 is 4.57 Å². The number of fused-ring (bicyclic) bond motifs is 1. The lowest BCUT2D eigenvalue weighted by Gasteiger charge is -2.03. The lowest BCUT2D eigenvalue weighted by Crippen LogP contribution is -2.01. The standard InChI is InChI=1S/C11H9BrN4S/c1-7-15-11-9(4-8(12)5-14-11)16(7)6-10-13-2-3-17-10/h2-5H,6H2,1H3. The van der Waals surface area contributed by atoms with Gasteiger partial charge in [-0.2, -0.15) is 0 Å². The highest BCUT2D eigenvalue weighted by molar-refractivity contribution is 9.10. The summed E-state index contributed by atoms with van der Waals surface area (Å²) < 4.78 is 3.09. The molecule has 86 valence electrons. The first-order valence-electron chi connectivity index (χ1n) is 5.11. The van der Waals surface area contributed by atoms with Crippen molar-refractivity contribution in [2.75, 3.05) is 0 Å². The number of hydrogen-bond acceptors (Lipinski definition) is 4. The fraction of sp³-hybridized carbons (Fsp3) is 0.182. The maximum atomic E-state index is 4.44. The third-order valence-electron chi connectivity index (χ3n) is 2.54. The van der Waals surface area contributed by atoms with Crippen molar-refractivity contribution < 1.29 is 0 Å². The van der Waals surface area contributed by atoms with E-state index in [0.29, 0.717) is 0 Å². The summed E-state index contributed by atoms with van der Waals surface area (Å²) in [6.07, 6.45) is 3.59. The first-order chi connectivity index (χ1) is 8.24. The van der Waals surface area contributed by atoms with Crippen LogP contribution in [0.1, 0.15) is 10.8 Å². The van der Waals surface area contributed by atoms with Gasteiger partial charge in [-0.1, -0.05) is 0 Å². The molecule has 0 N–H and O–H groups in total. The zero-order valence-corrected chi connectivity index (χ0v) is 11.5. The Balaban J connectivity index is 2.14. The summed E-state index contributed by atoms with van der Waals surface area (Å²) in [5.41, 5.74) is 1.81. The molecule has 0 unspecified atom stereocenters. The van der Waals surface area contributed by atoms with Crippen molar-refractivity contribution in [2.45, 2.75) is 13.5 Å². The third-order valence-corrected chi connectivity index (χ3v) is 3.74. The second-order valence-electron chi connectivity index (χ2n) is 3.67. The summed E-state index contributed by atoms with van der Waals surface area (Å²) in [4.78, 5) is 13.0. The molecule has 0 spiro atoms. The van der Waals surface area contributed by atoms with Crippen LogP contribution >= 0.6 is 27.3 Å². The summed E-state index contributed by atoms with van der Waals surface area (Å²) in [6.45, 7) is 2.74. The van der Waals surface area contributed by atoms with Crippen LogP contribution in [0.15, 0.2) is 28.3 Å². The van der Waals surface area contributed by atoms with E-state index in [4.69, 9.17) is 0 Å². The highest BCUT2D eigenvalue weighted by Gasteiger charge is 2.10. The molecule has 0 aromatic carbocycles. The highest BCUT2D eigenvalue weighted by Crippen LogP contribution is 2.20. The smallest absolute Gasteiger partial charge is 0.177 e. The minimum Gasteiger partial charge on any atom is -0.320 e. The van der Waals surface area contributed by atoms with Crippen molar-refractivity contribution in [3.8, 4) is 0 Å². The number of rotatable bonds is 2. The molecular weight excluding hydrogens is 300 g/mol. The lowest BCUT2D eigenvalue weighted by atomic mass is 10.4. The maximum Gasteiger partial charge on any atom is 0.177 e. The predicted molar refractivity (Wildman–Crippen MR) is 71.2 cm³/mol. The number of halogens is 1. The zero-order chi connectivity index (χ0) is 11.8. The van der Waals surface area contributed by atoms with E-state index in [1.807, 2.05) is 24.6 Å². The van der Waals surface area contributed by atoms with Gasteiger partial charge in [0.2, 0.25) is 0 Å². The van der Waals surface area contributed by atoms with Crippen molar-refractivity contribution in [3.63, 3.8) is 0 Å². The van der Waals surface area contributed by atoms with Crippen molar-refractivity contribution in [1.29, 1.82) is 0 Å². The Kier molecular flexibility index (Phi) is 2.68. The van der Waals surface area contributed by atoms with Crippen LogP contribution in [-0.4, -0.2) is 19.5 Å². The van der Waals surface area contributed by atoms with Crippen LogP contribution in [0.5, 0.6) is 0 Å². The minimum absolute atomic E-state index is 0.748. The van der Waals surface area contributed by atoms with E-state index in [1.165, 1.54) is 0 Å². The van der Waals surface area contributed by atoms with E-state index in [1.54, 1.807) is 17.5 Å². The number of imidazole rings is 1. The number of pyridine rings is 1. The molecule has 6 heteroatoms. The molecule has 0 saturated carbocycles. The molecule has 4 nitrogen and oxygen atoms in total. The first-order valence-corrected chi connectivity index (χ1v) is 6.78. The van der Waals surface area contributed by atoms with E-state index in [0.717, 1.165) is 33.0 Å². The summed E-state index contributed by atoms with van der Waals surface area (Å²) in [7, 11) is 0. The van der Waals surface area contributed by atoms with Crippen molar-refractivity contribution >= 4 is 38.4 Å². The zero-order valence-electron chi connectivity index (χ0n) is 9.09. The molecule has 3 aromatic rings. The van der Waals surface area contributed by atoms with Gasteiger partial charge in [0.15, 0.2) is 5.65 Å². The van der Waals surface area contributed by atoms with Gasteiger partial charge in [-0.05, 0) is 28.9 Å². The van der Waals surface area contributed by atoms with E-state index in [-0.39, 0.29) is 0 Å². The Morgan fingerprint density at radius 2 is 2.29 bits per heavy atom. The quantitative estimate of drug-likeness (QED) is 0.731. The molecule has 0 atom stereocenters. The minimum atomic E-state index is 0.748. The number of thiazole rings is 1. The highest BCUT2D eigenvalue weighted by atomic mass is 79.9. The molecule has 0 aliphatic rings. The van der Waals surface area contributed by atoms with E-state index in [2.05, 4.69) is 35.4 Å². The average Bonchev–Trinajstić information content (AvgIpc) is 2.90. The molecule has 0 radical (unpaired) electrons. The van der Waals surface area contributed by atoms with Gasteiger partial charge in [0.25, 0.3) is 0 Å². The molecular formula is C11H9BrN4S. The Morgan fingerprint density at radius 3 is 3.06 bits per heavy atom. The fourth-order valence-corrected chi connectivity index (χ4v) is 2.68. The second kappa shape index (κ2) is 4.19. The van der Waals surface area contributed by atoms with Crippen LogP contribution in [-0.2, 0) is 6.54 Å². The first kappa shape index (κ1) is 10.9. The molecule has 17 heavy (non-hydrogen) atoms. The molecule has 0 amide bonds. The molecule has 3 aromatic heterocycles. The van der Waals surface area contributed by atoms with Crippen molar-refractivity contribution in [2.24, 2.45) is 0 Å². The Bertz CT molecular complexity index is 659. The molecule has 0 bridgehead atoms. The normalized spacial score (nSPS) is 11.2. The summed E-state index contributed by atoms with van der Waals surface area (Å²) in [5.74, 6) is 0.959. The van der Waals surface area contributed by atoms with Crippen LogP contribution in [0.4, 0.5) is 0 Å². The number of hydrogen-bond donors (Lipinski definition) is 0.